The van der Waals surface area contributed by atoms with Crippen molar-refractivity contribution in [3.63, 3.8) is 0 Å². The molecule has 0 saturated heterocycles. The summed E-state index contributed by atoms with van der Waals surface area (Å²) in [6.07, 6.45) is 5.41. The second-order valence-corrected chi connectivity index (χ2v) is 5.99. The summed E-state index contributed by atoms with van der Waals surface area (Å²) < 4.78 is 5.96. The van der Waals surface area contributed by atoms with Gasteiger partial charge in [0.15, 0.2) is 0 Å². The molecule has 1 aliphatic carbocycles. The van der Waals surface area contributed by atoms with E-state index in [1.54, 1.807) is 0 Å². The summed E-state index contributed by atoms with van der Waals surface area (Å²) in [6.45, 7) is 8.38. The fraction of sp³-hybridized carbons (Fsp3) is 0.750. The number of hydrogen-bond acceptors (Lipinski definition) is 3. The average Bonchev–Trinajstić information content (AvgIpc) is 2.65. The van der Waals surface area contributed by atoms with Gasteiger partial charge in [0.05, 0.1) is 13.1 Å². The minimum absolute atomic E-state index is 0.853. The number of rotatable bonds is 8. The Hall–Kier alpha value is -0.800. The van der Waals surface area contributed by atoms with Crippen LogP contribution in [0.3, 0.4) is 0 Å². The highest BCUT2D eigenvalue weighted by Gasteiger charge is 2.19. The Morgan fingerprint density at radius 3 is 2.84 bits per heavy atom. The lowest BCUT2D eigenvalue weighted by Gasteiger charge is -2.29. The average molecular weight is 264 g/mol. The second-order valence-electron chi connectivity index (χ2n) is 5.99. The molecule has 0 amide bonds. The molecular formula is C16H28N2O. The zero-order chi connectivity index (χ0) is 13.7. The van der Waals surface area contributed by atoms with Crippen LogP contribution in [0.2, 0.25) is 0 Å². The first-order valence-electron chi connectivity index (χ1n) is 7.66. The van der Waals surface area contributed by atoms with Crippen LogP contribution in [0.4, 0.5) is 0 Å². The van der Waals surface area contributed by atoms with Crippen molar-refractivity contribution in [2.75, 3.05) is 20.1 Å². The van der Waals surface area contributed by atoms with Gasteiger partial charge in [-0.05, 0) is 57.3 Å². The van der Waals surface area contributed by atoms with Crippen LogP contribution in [-0.2, 0) is 13.1 Å². The molecule has 108 valence electrons. The number of furan rings is 1. The topological polar surface area (TPSA) is 28.4 Å². The molecule has 1 heterocycles. The molecule has 0 aliphatic heterocycles. The molecule has 1 saturated carbocycles. The van der Waals surface area contributed by atoms with Crippen LogP contribution in [0.25, 0.3) is 0 Å². The van der Waals surface area contributed by atoms with Crippen molar-refractivity contribution in [3.05, 3.63) is 23.2 Å². The second kappa shape index (κ2) is 7.11. The van der Waals surface area contributed by atoms with Gasteiger partial charge in [0.2, 0.25) is 0 Å². The molecule has 0 spiro atoms. The zero-order valence-corrected chi connectivity index (χ0v) is 12.7. The SMILES string of the molecule is CCCNCc1oc(CN(C)CC2CCC2)cc1C. The molecule has 19 heavy (non-hydrogen) atoms. The fourth-order valence-corrected chi connectivity index (χ4v) is 2.67. The zero-order valence-electron chi connectivity index (χ0n) is 12.7. The Morgan fingerprint density at radius 2 is 2.21 bits per heavy atom. The highest BCUT2D eigenvalue weighted by molar-refractivity contribution is 5.20. The predicted octanol–water partition coefficient (Wildman–Crippen LogP) is 3.32. The maximum absolute atomic E-state index is 5.96. The molecule has 0 aromatic carbocycles. The standard InChI is InChI=1S/C16H28N2O/c1-4-8-17-10-16-13(2)9-15(19-16)12-18(3)11-14-6-5-7-14/h9,14,17H,4-8,10-12H2,1-3H3. The van der Waals surface area contributed by atoms with Crippen molar-refractivity contribution in [1.82, 2.24) is 10.2 Å². The van der Waals surface area contributed by atoms with E-state index in [2.05, 4.69) is 37.2 Å². The van der Waals surface area contributed by atoms with E-state index in [0.717, 1.165) is 43.5 Å². The summed E-state index contributed by atoms with van der Waals surface area (Å²) in [7, 11) is 2.20. The van der Waals surface area contributed by atoms with E-state index >= 15 is 0 Å². The third kappa shape index (κ3) is 4.36. The van der Waals surface area contributed by atoms with Gasteiger partial charge in [-0.25, -0.2) is 0 Å². The predicted molar refractivity (Wildman–Crippen MR) is 79.1 cm³/mol. The number of nitrogens with zero attached hydrogens (tertiary/aromatic N) is 1. The van der Waals surface area contributed by atoms with Gasteiger partial charge in [-0.1, -0.05) is 13.3 Å². The van der Waals surface area contributed by atoms with Crippen LogP contribution in [0, 0.1) is 12.8 Å². The molecular weight excluding hydrogens is 236 g/mol. The summed E-state index contributed by atoms with van der Waals surface area (Å²) in [4.78, 5) is 2.39. The smallest absolute Gasteiger partial charge is 0.120 e. The van der Waals surface area contributed by atoms with Crippen molar-refractivity contribution < 1.29 is 4.42 Å². The van der Waals surface area contributed by atoms with Crippen LogP contribution in [0.5, 0.6) is 0 Å². The van der Waals surface area contributed by atoms with Gasteiger partial charge < -0.3 is 9.73 Å². The first-order valence-corrected chi connectivity index (χ1v) is 7.66. The number of aryl methyl sites for hydroxylation is 1. The lowest BCUT2D eigenvalue weighted by molar-refractivity contribution is 0.190. The summed E-state index contributed by atoms with van der Waals surface area (Å²) in [5.41, 5.74) is 1.27. The maximum Gasteiger partial charge on any atom is 0.120 e. The first-order chi connectivity index (χ1) is 9.19. The normalized spacial score (nSPS) is 16.0. The van der Waals surface area contributed by atoms with Crippen LogP contribution in [0.1, 0.15) is 49.7 Å². The molecule has 1 N–H and O–H groups in total. The molecule has 0 atom stereocenters. The van der Waals surface area contributed by atoms with E-state index < -0.39 is 0 Å². The van der Waals surface area contributed by atoms with Gasteiger partial charge in [0, 0.05) is 6.54 Å². The van der Waals surface area contributed by atoms with Crippen LogP contribution >= 0.6 is 0 Å². The van der Waals surface area contributed by atoms with Gasteiger partial charge in [-0.3, -0.25) is 4.90 Å². The number of nitrogens with one attached hydrogen (secondary N) is 1. The molecule has 1 fully saturated rings. The van der Waals surface area contributed by atoms with E-state index in [0.29, 0.717) is 0 Å². The Kier molecular flexibility index (Phi) is 5.46. The fourth-order valence-electron chi connectivity index (χ4n) is 2.67. The van der Waals surface area contributed by atoms with E-state index in [1.807, 2.05) is 0 Å². The minimum atomic E-state index is 0.853. The summed E-state index contributed by atoms with van der Waals surface area (Å²) in [5.74, 6) is 3.12. The van der Waals surface area contributed by atoms with Crippen molar-refractivity contribution in [3.8, 4) is 0 Å². The molecule has 0 unspecified atom stereocenters. The molecule has 1 aromatic rings. The molecule has 2 rings (SSSR count). The molecule has 3 heteroatoms. The molecule has 0 bridgehead atoms. The quantitative estimate of drug-likeness (QED) is 0.730. The van der Waals surface area contributed by atoms with Gasteiger partial charge >= 0.3 is 0 Å². The van der Waals surface area contributed by atoms with Crippen molar-refractivity contribution >= 4 is 0 Å². The largest absolute Gasteiger partial charge is 0.463 e. The van der Waals surface area contributed by atoms with Crippen LogP contribution in [0.15, 0.2) is 10.5 Å². The summed E-state index contributed by atoms with van der Waals surface area (Å²) in [5, 5.41) is 3.40. The lowest BCUT2D eigenvalue weighted by Crippen LogP contribution is -2.28. The third-order valence-corrected chi connectivity index (χ3v) is 4.00. The van der Waals surface area contributed by atoms with Gasteiger partial charge in [0.25, 0.3) is 0 Å². The molecule has 3 nitrogen and oxygen atoms in total. The minimum Gasteiger partial charge on any atom is -0.463 e. The van der Waals surface area contributed by atoms with Gasteiger partial charge in [-0.2, -0.15) is 0 Å². The Balaban J connectivity index is 1.80. The highest BCUT2D eigenvalue weighted by atomic mass is 16.3. The Labute approximate surface area is 117 Å². The lowest BCUT2D eigenvalue weighted by atomic mass is 9.85. The van der Waals surface area contributed by atoms with Crippen LogP contribution in [-0.4, -0.2) is 25.0 Å². The van der Waals surface area contributed by atoms with Crippen molar-refractivity contribution in [2.24, 2.45) is 5.92 Å². The maximum atomic E-state index is 5.96. The van der Waals surface area contributed by atoms with Crippen LogP contribution < -0.4 is 5.32 Å². The monoisotopic (exact) mass is 264 g/mol. The highest BCUT2D eigenvalue weighted by Crippen LogP contribution is 2.27. The Bertz CT molecular complexity index is 382. The third-order valence-electron chi connectivity index (χ3n) is 4.00. The van der Waals surface area contributed by atoms with E-state index in [-0.39, 0.29) is 0 Å². The van der Waals surface area contributed by atoms with E-state index in [4.69, 9.17) is 4.42 Å². The first kappa shape index (κ1) is 14.6. The van der Waals surface area contributed by atoms with Gasteiger partial charge in [0.1, 0.15) is 11.5 Å². The van der Waals surface area contributed by atoms with Crippen molar-refractivity contribution in [2.45, 2.75) is 52.6 Å². The number of hydrogen-bond donors (Lipinski definition) is 1. The summed E-state index contributed by atoms with van der Waals surface area (Å²) >= 11 is 0. The van der Waals surface area contributed by atoms with Crippen molar-refractivity contribution in [1.29, 1.82) is 0 Å². The van der Waals surface area contributed by atoms with E-state index in [9.17, 15) is 0 Å². The summed E-state index contributed by atoms with van der Waals surface area (Å²) in [6, 6.07) is 2.19. The van der Waals surface area contributed by atoms with Gasteiger partial charge in [-0.15, -0.1) is 0 Å². The Morgan fingerprint density at radius 1 is 1.42 bits per heavy atom. The van der Waals surface area contributed by atoms with E-state index in [1.165, 1.54) is 31.4 Å². The molecule has 1 aliphatic rings. The molecule has 0 radical (unpaired) electrons. The molecule has 1 aromatic heterocycles.